The Balaban J connectivity index is 1.74. The maximum Gasteiger partial charge on any atom is 0.338 e. The summed E-state index contributed by atoms with van der Waals surface area (Å²) < 4.78 is 13.7. The molecule has 0 radical (unpaired) electrons. The van der Waals surface area contributed by atoms with E-state index in [1.165, 1.54) is 16.9 Å². The van der Waals surface area contributed by atoms with Crippen LogP contribution in [0.2, 0.25) is 0 Å². The van der Waals surface area contributed by atoms with Gasteiger partial charge in [0.15, 0.2) is 4.80 Å². The number of aromatic nitrogens is 1. The Kier molecular flexibility index (Phi) is 8.03. The van der Waals surface area contributed by atoms with Crippen LogP contribution in [0.3, 0.4) is 0 Å². The van der Waals surface area contributed by atoms with Crippen LogP contribution in [0.5, 0.6) is 5.75 Å². The number of carbonyl (C=O) groups excluding carboxylic acids is 1. The van der Waals surface area contributed by atoms with E-state index in [4.69, 9.17) is 14.5 Å². The molecule has 1 unspecified atom stereocenters. The average Bonchev–Trinajstić information content (AvgIpc) is 3.26. The van der Waals surface area contributed by atoms with Crippen molar-refractivity contribution >= 4 is 34.2 Å². The normalized spacial score (nSPS) is 15.3. The quantitative estimate of drug-likeness (QED) is 0.256. The number of hydrogen-bond acceptors (Lipinski definition) is 6. The first-order valence-electron chi connectivity index (χ1n) is 13.8. The van der Waals surface area contributed by atoms with Crippen LogP contribution in [0.4, 0.5) is 0 Å². The molecule has 1 aliphatic heterocycles. The third kappa shape index (κ3) is 5.13. The predicted molar refractivity (Wildman–Crippen MR) is 161 cm³/mol. The summed E-state index contributed by atoms with van der Waals surface area (Å²) in [5.74, 6) is 0.638. The minimum absolute atomic E-state index is 0.203. The molecule has 6 nitrogen and oxygen atoms in total. The van der Waals surface area contributed by atoms with E-state index in [0.717, 1.165) is 34.1 Å². The first kappa shape index (κ1) is 27.6. The van der Waals surface area contributed by atoms with Crippen molar-refractivity contribution in [3.8, 4) is 5.75 Å². The standard InChI is InChI=1S/C33H34N2O4S/c1-6-18-39-27-17-16-23-10-8-9-11-25(23)26(27)19-28-31(36)35-30(24-14-12-22(13-15-24)20(3)4)29(32(37)38-7-2)21(5)34-33(35)40-28/h8-17,19-20,30H,6-7,18H2,1-5H3. The molecule has 2 heterocycles. The lowest BCUT2D eigenvalue weighted by molar-refractivity contribution is -0.139. The Morgan fingerprint density at radius 1 is 1.07 bits per heavy atom. The minimum atomic E-state index is -0.637. The van der Waals surface area contributed by atoms with Gasteiger partial charge < -0.3 is 9.47 Å². The van der Waals surface area contributed by atoms with Crippen molar-refractivity contribution < 1.29 is 14.3 Å². The van der Waals surface area contributed by atoms with E-state index < -0.39 is 12.0 Å². The summed E-state index contributed by atoms with van der Waals surface area (Å²) in [5, 5.41) is 2.07. The summed E-state index contributed by atoms with van der Waals surface area (Å²) in [6.45, 7) is 10.7. The number of ether oxygens (including phenoxy) is 2. The minimum Gasteiger partial charge on any atom is -0.493 e. The van der Waals surface area contributed by atoms with Crippen LogP contribution in [0.1, 0.15) is 69.7 Å². The van der Waals surface area contributed by atoms with Gasteiger partial charge in [-0.15, -0.1) is 0 Å². The molecule has 3 aromatic carbocycles. The van der Waals surface area contributed by atoms with Gasteiger partial charge in [0.2, 0.25) is 0 Å². The smallest absolute Gasteiger partial charge is 0.338 e. The highest BCUT2D eigenvalue weighted by molar-refractivity contribution is 7.07. The first-order valence-corrected chi connectivity index (χ1v) is 14.6. The molecule has 1 aliphatic rings. The Morgan fingerprint density at radius 3 is 2.52 bits per heavy atom. The highest BCUT2D eigenvalue weighted by atomic mass is 32.1. The molecule has 40 heavy (non-hydrogen) atoms. The summed E-state index contributed by atoms with van der Waals surface area (Å²) in [6.07, 6.45) is 2.78. The lowest BCUT2D eigenvalue weighted by atomic mass is 9.93. The Bertz CT molecular complexity index is 1780. The van der Waals surface area contributed by atoms with Crippen molar-refractivity contribution in [3.05, 3.63) is 108 Å². The molecule has 7 heteroatoms. The molecule has 0 spiro atoms. The molecular formula is C33H34N2O4S. The van der Waals surface area contributed by atoms with Gasteiger partial charge in [-0.1, -0.05) is 86.7 Å². The summed E-state index contributed by atoms with van der Waals surface area (Å²) in [7, 11) is 0. The number of allylic oxidation sites excluding steroid dienone is 1. The van der Waals surface area contributed by atoms with E-state index in [0.29, 0.717) is 33.1 Å². The van der Waals surface area contributed by atoms with E-state index in [1.54, 1.807) is 18.4 Å². The van der Waals surface area contributed by atoms with Crippen LogP contribution in [0.25, 0.3) is 16.8 Å². The van der Waals surface area contributed by atoms with Crippen molar-refractivity contribution in [1.29, 1.82) is 0 Å². The van der Waals surface area contributed by atoms with E-state index in [9.17, 15) is 9.59 Å². The van der Waals surface area contributed by atoms with Crippen molar-refractivity contribution in [2.45, 2.75) is 53.0 Å². The monoisotopic (exact) mass is 554 g/mol. The van der Waals surface area contributed by atoms with Gasteiger partial charge in [-0.25, -0.2) is 9.79 Å². The molecule has 0 saturated heterocycles. The van der Waals surface area contributed by atoms with Crippen molar-refractivity contribution in [2.24, 2.45) is 4.99 Å². The van der Waals surface area contributed by atoms with Crippen LogP contribution in [-0.4, -0.2) is 23.8 Å². The molecule has 4 aromatic rings. The van der Waals surface area contributed by atoms with Gasteiger partial charge >= 0.3 is 5.97 Å². The molecular weight excluding hydrogens is 520 g/mol. The molecule has 1 atom stereocenters. The summed E-state index contributed by atoms with van der Waals surface area (Å²) in [5.41, 5.74) is 3.62. The Hall–Kier alpha value is -3.97. The van der Waals surface area contributed by atoms with Gasteiger partial charge in [0.05, 0.1) is 35.1 Å². The topological polar surface area (TPSA) is 69.9 Å². The van der Waals surface area contributed by atoms with Gasteiger partial charge in [-0.05, 0) is 60.2 Å². The fourth-order valence-corrected chi connectivity index (χ4v) is 6.09. The summed E-state index contributed by atoms with van der Waals surface area (Å²) in [4.78, 5) is 32.6. The van der Waals surface area contributed by atoms with Gasteiger partial charge in [-0.2, -0.15) is 0 Å². The van der Waals surface area contributed by atoms with Gasteiger partial charge in [-0.3, -0.25) is 9.36 Å². The largest absolute Gasteiger partial charge is 0.493 e. The fraction of sp³-hybridized carbons (Fsp3) is 0.303. The van der Waals surface area contributed by atoms with Gasteiger partial charge in [0.25, 0.3) is 5.56 Å². The number of carbonyl (C=O) groups is 1. The number of fused-ring (bicyclic) bond motifs is 2. The van der Waals surface area contributed by atoms with Crippen LogP contribution in [-0.2, 0) is 9.53 Å². The molecule has 5 rings (SSSR count). The number of nitrogens with zero attached hydrogens (tertiary/aromatic N) is 2. The maximum absolute atomic E-state index is 14.1. The van der Waals surface area contributed by atoms with E-state index in [2.05, 4.69) is 32.9 Å². The second-order valence-electron chi connectivity index (χ2n) is 10.2. The Morgan fingerprint density at radius 2 is 1.82 bits per heavy atom. The summed E-state index contributed by atoms with van der Waals surface area (Å²) >= 11 is 1.32. The highest BCUT2D eigenvalue weighted by Gasteiger charge is 2.33. The second kappa shape index (κ2) is 11.6. The molecule has 0 bridgehead atoms. The van der Waals surface area contributed by atoms with Gasteiger partial charge in [0, 0.05) is 5.56 Å². The zero-order chi connectivity index (χ0) is 28.4. The first-order chi connectivity index (χ1) is 19.3. The molecule has 206 valence electrons. The third-order valence-electron chi connectivity index (χ3n) is 7.10. The zero-order valence-electron chi connectivity index (χ0n) is 23.6. The number of esters is 1. The van der Waals surface area contributed by atoms with Crippen LogP contribution >= 0.6 is 11.3 Å². The number of hydrogen-bond donors (Lipinski definition) is 0. The lowest BCUT2D eigenvalue weighted by Crippen LogP contribution is -2.40. The SMILES string of the molecule is CCCOc1ccc2ccccc2c1C=c1sc2n(c1=O)C(c1ccc(C(C)C)cc1)C(C(=O)OCC)=C(C)N=2. The number of thiazole rings is 1. The average molecular weight is 555 g/mol. The molecule has 0 saturated carbocycles. The molecule has 0 amide bonds. The second-order valence-corrected chi connectivity index (χ2v) is 11.2. The van der Waals surface area contributed by atoms with Crippen LogP contribution in [0, 0.1) is 0 Å². The molecule has 0 fully saturated rings. The van der Waals surface area contributed by atoms with Crippen LogP contribution in [0.15, 0.2) is 81.7 Å². The number of rotatable bonds is 8. The van der Waals surface area contributed by atoms with E-state index >= 15 is 0 Å². The van der Waals surface area contributed by atoms with E-state index in [-0.39, 0.29) is 12.2 Å². The fourth-order valence-electron chi connectivity index (χ4n) is 5.06. The predicted octanol–water partition coefficient (Wildman–Crippen LogP) is 5.86. The molecule has 1 aromatic heterocycles. The van der Waals surface area contributed by atoms with E-state index in [1.807, 2.05) is 54.6 Å². The number of benzene rings is 3. The maximum atomic E-state index is 14.1. The van der Waals surface area contributed by atoms with Crippen molar-refractivity contribution in [3.63, 3.8) is 0 Å². The lowest BCUT2D eigenvalue weighted by Gasteiger charge is -2.25. The molecule has 0 aliphatic carbocycles. The highest BCUT2D eigenvalue weighted by Crippen LogP contribution is 2.32. The van der Waals surface area contributed by atoms with Crippen molar-refractivity contribution in [2.75, 3.05) is 13.2 Å². The summed E-state index contributed by atoms with van der Waals surface area (Å²) in [6, 6.07) is 19.5. The third-order valence-corrected chi connectivity index (χ3v) is 8.09. The molecule has 0 N–H and O–H groups in total. The van der Waals surface area contributed by atoms with Crippen LogP contribution < -0.4 is 19.6 Å². The Labute approximate surface area is 237 Å². The van der Waals surface area contributed by atoms with Gasteiger partial charge in [0.1, 0.15) is 5.75 Å². The zero-order valence-corrected chi connectivity index (χ0v) is 24.4. The van der Waals surface area contributed by atoms with Crippen molar-refractivity contribution in [1.82, 2.24) is 4.57 Å².